The van der Waals surface area contributed by atoms with E-state index in [2.05, 4.69) is 23.2 Å². The molecule has 0 unspecified atom stereocenters. The highest BCUT2D eigenvalue weighted by Gasteiger charge is 2.65. The van der Waals surface area contributed by atoms with Gasteiger partial charge in [0.15, 0.2) is 0 Å². The summed E-state index contributed by atoms with van der Waals surface area (Å²) in [5, 5.41) is -7.15. The van der Waals surface area contributed by atoms with Crippen LogP contribution < -0.4 is 11.1 Å². The van der Waals surface area contributed by atoms with Crippen LogP contribution in [0, 0.1) is 0 Å². The van der Waals surface area contributed by atoms with Crippen LogP contribution in [0.2, 0.25) is 0 Å². The number of hydrogen-bond acceptors (Lipinski definition) is 2. The van der Waals surface area contributed by atoms with E-state index in [4.69, 9.17) is 5.73 Å². The van der Waals surface area contributed by atoms with Crippen molar-refractivity contribution in [2.24, 2.45) is 5.73 Å². The first-order chi connectivity index (χ1) is 7.58. The van der Waals surface area contributed by atoms with E-state index in [0.717, 1.165) is 0 Å². The molecule has 0 spiro atoms. The van der Waals surface area contributed by atoms with Crippen LogP contribution in [0.1, 0.15) is 0 Å². The Labute approximate surface area is 105 Å². The highest BCUT2D eigenvalue weighted by Crippen LogP contribution is 2.44. The first kappa shape index (κ1) is 14.3. The van der Waals surface area contributed by atoms with Gasteiger partial charge >= 0.3 is 10.8 Å². The van der Waals surface area contributed by atoms with Crippen LogP contribution in [0.15, 0.2) is 30.3 Å². The molecule has 0 radical (unpaired) electrons. The zero-order valence-electron chi connectivity index (χ0n) is 8.23. The normalized spacial score (nSPS) is 13.6. The molecule has 0 aliphatic rings. The number of para-hydroxylation sites is 1. The van der Waals surface area contributed by atoms with E-state index in [0.29, 0.717) is 0 Å². The lowest BCUT2D eigenvalue weighted by Gasteiger charge is -2.37. The molecule has 0 fully saturated rings. The Morgan fingerprint density at radius 1 is 0.941 bits per heavy atom. The van der Waals surface area contributed by atoms with Gasteiger partial charge in [-0.15, -0.1) is 0 Å². The predicted octanol–water partition coefficient (Wildman–Crippen LogP) is 3.42. The standard InChI is InChI=1S/C9H8Cl2F4N2/c10-8(12,13)7(16,9(11,14)15)17-6-4-2-1-3-5-6/h1-5,17H,16H2. The first-order valence-corrected chi connectivity index (χ1v) is 5.09. The van der Waals surface area contributed by atoms with Crippen LogP contribution in [0.4, 0.5) is 23.2 Å². The molecule has 0 aliphatic heterocycles. The SMILES string of the molecule is NC(Nc1ccccc1)(C(F)(F)Cl)C(F)(F)Cl. The zero-order valence-corrected chi connectivity index (χ0v) is 9.74. The van der Waals surface area contributed by atoms with Gasteiger partial charge in [-0.1, -0.05) is 18.2 Å². The summed E-state index contributed by atoms with van der Waals surface area (Å²) < 4.78 is 51.9. The quantitative estimate of drug-likeness (QED) is 0.507. The van der Waals surface area contributed by atoms with Crippen LogP contribution in [-0.4, -0.2) is 16.4 Å². The lowest BCUT2D eigenvalue weighted by Crippen LogP contribution is -2.68. The zero-order chi connectivity index (χ0) is 13.3. The molecule has 0 bridgehead atoms. The van der Waals surface area contributed by atoms with Gasteiger partial charge in [-0.25, -0.2) is 0 Å². The van der Waals surface area contributed by atoms with Gasteiger partial charge < -0.3 is 5.32 Å². The van der Waals surface area contributed by atoms with Crippen molar-refractivity contribution in [1.29, 1.82) is 0 Å². The van der Waals surface area contributed by atoms with E-state index in [1.165, 1.54) is 24.3 Å². The largest absolute Gasteiger partial charge is 0.364 e. The monoisotopic (exact) mass is 290 g/mol. The minimum absolute atomic E-state index is 0.0596. The maximum absolute atomic E-state index is 13.0. The number of rotatable bonds is 4. The van der Waals surface area contributed by atoms with Crippen molar-refractivity contribution < 1.29 is 17.6 Å². The Hall–Kier alpha value is -0.720. The molecule has 0 saturated carbocycles. The highest BCUT2D eigenvalue weighted by molar-refractivity contribution is 6.26. The lowest BCUT2D eigenvalue weighted by atomic mass is 10.1. The molecule has 1 aromatic carbocycles. The van der Waals surface area contributed by atoms with Gasteiger partial charge in [0.25, 0.3) is 0 Å². The van der Waals surface area contributed by atoms with Gasteiger partial charge in [-0.05, 0) is 35.3 Å². The third-order valence-corrected chi connectivity index (χ3v) is 2.61. The second kappa shape index (κ2) is 4.51. The molecule has 0 aromatic heterocycles. The van der Waals surface area contributed by atoms with Gasteiger partial charge in [0, 0.05) is 5.69 Å². The Morgan fingerprint density at radius 2 is 1.35 bits per heavy atom. The molecule has 3 N–H and O–H groups in total. The number of hydrogen-bond donors (Lipinski definition) is 2. The molecular formula is C9H8Cl2F4N2. The summed E-state index contributed by atoms with van der Waals surface area (Å²) in [7, 11) is 0. The molecule has 17 heavy (non-hydrogen) atoms. The van der Waals surface area contributed by atoms with Crippen molar-refractivity contribution in [3.05, 3.63) is 30.3 Å². The van der Waals surface area contributed by atoms with Crippen LogP contribution in [0.5, 0.6) is 0 Å². The summed E-state index contributed by atoms with van der Waals surface area (Å²) in [6, 6.07) is 7.00. The second-order valence-corrected chi connectivity index (χ2v) is 4.24. The van der Waals surface area contributed by atoms with Crippen LogP contribution in [-0.2, 0) is 0 Å². The Bertz CT molecular complexity index is 361. The smallest absolute Gasteiger partial charge is 0.355 e. The van der Waals surface area contributed by atoms with E-state index >= 15 is 0 Å². The topological polar surface area (TPSA) is 38.0 Å². The number of nitrogens with two attached hydrogens (primary N) is 1. The highest BCUT2D eigenvalue weighted by atomic mass is 35.5. The van der Waals surface area contributed by atoms with Crippen molar-refractivity contribution >= 4 is 28.9 Å². The van der Waals surface area contributed by atoms with E-state index < -0.39 is 16.4 Å². The lowest BCUT2D eigenvalue weighted by molar-refractivity contribution is -0.0871. The van der Waals surface area contributed by atoms with Gasteiger partial charge in [-0.3, -0.25) is 5.73 Å². The molecule has 1 rings (SSSR count). The fraction of sp³-hybridized carbons (Fsp3) is 0.333. The van der Waals surface area contributed by atoms with Crippen molar-refractivity contribution in [1.82, 2.24) is 0 Å². The Morgan fingerprint density at radius 3 is 1.71 bits per heavy atom. The molecule has 1 aromatic rings. The average molecular weight is 291 g/mol. The van der Waals surface area contributed by atoms with Gasteiger partial charge in [0.05, 0.1) is 0 Å². The summed E-state index contributed by atoms with van der Waals surface area (Å²) in [5.74, 6) is 0. The molecule has 96 valence electrons. The molecule has 0 saturated heterocycles. The van der Waals surface area contributed by atoms with Gasteiger partial charge in [0.1, 0.15) is 0 Å². The van der Waals surface area contributed by atoms with Crippen molar-refractivity contribution in [2.75, 3.05) is 5.32 Å². The third kappa shape index (κ3) is 2.94. The number of halogens is 6. The van der Waals surface area contributed by atoms with E-state index in [1.54, 1.807) is 11.4 Å². The van der Waals surface area contributed by atoms with Gasteiger partial charge in [0.2, 0.25) is 5.66 Å². The maximum Gasteiger partial charge on any atom is 0.364 e. The van der Waals surface area contributed by atoms with Crippen LogP contribution in [0.25, 0.3) is 0 Å². The summed E-state index contributed by atoms with van der Waals surface area (Å²) in [5.41, 5.74) is 1.24. The molecule has 2 nitrogen and oxygen atoms in total. The third-order valence-electron chi connectivity index (χ3n) is 2.01. The van der Waals surface area contributed by atoms with E-state index in [-0.39, 0.29) is 5.69 Å². The summed E-state index contributed by atoms with van der Waals surface area (Å²) in [4.78, 5) is 0. The number of anilines is 1. The second-order valence-electron chi connectivity index (χ2n) is 3.29. The predicted molar refractivity (Wildman–Crippen MR) is 58.6 cm³/mol. The van der Waals surface area contributed by atoms with Crippen molar-refractivity contribution in [3.8, 4) is 0 Å². The molecule has 8 heteroatoms. The average Bonchev–Trinajstić information content (AvgIpc) is 2.15. The number of benzene rings is 1. The molecule has 0 atom stereocenters. The van der Waals surface area contributed by atoms with E-state index in [1.807, 2.05) is 0 Å². The summed E-state index contributed by atoms with van der Waals surface area (Å²) in [6.07, 6.45) is 0. The Balaban J connectivity index is 3.11. The maximum atomic E-state index is 13.0. The fourth-order valence-electron chi connectivity index (χ4n) is 1.05. The molecule has 0 amide bonds. The van der Waals surface area contributed by atoms with E-state index in [9.17, 15) is 17.6 Å². The van der Waals surface area contributed by atoms with Gasteiger partial charge in [-0.2, -0.15) is 17.6 Å². The summed E-state index contributed by atoms with van der Waals surface area (Å²) in [6.45, 7) is 0. The minimum atomic E-state index is -4.45. The van der Waals surface area contributed by atoms with Crippen LogP contribution in [0.3, 0.4) is 0 Å². The van der Waals surface area contributed by atoms with Crippen molar-refractivity contribution in [2.45, 2.75) is 16.4 Å². The molecule has 0 aliphatic carbocycles. The summed E-state index contributed by atoms with van der Waals surface area (Å²) >= 11 is 9.18. The fourth-order valence-corrected chi connectivity index (χ4v) is 1.43. The molecule has 0 heterocycles. The number of nitrogens with one attached hydrogen (secondary N) is 1. The Kier molecular flexibility index (Phi) is 3.81. The first-order valence-electron chi connectivity index (χ1n) is 4.33. The minimum Gasteiger partial charge on any atom is -0.355 e. The van der Waals surface area contributed by atoms with Crippen LogP contribution >= 0.6 is 23.2 Å². The number of alkyl halides is 6. The van der Waals surface area contributed by atoms with Crippen molar-refractivity contribution in [3.63, 3.8) is 0 Å². The molecular weight excluding hydrogens is 283 g/mol.